The second kappa shape index (κ2) is 9.45. The Kier molecular flexibility index (Phi) is 7.54. The lowest BCUT2D eigenvalue weighted by molar-refractivity contribution is 0.582. The highest BCUT2D eigenvalue weighted by molar-refractivity contribution is 5.56. The van der Waals surface area contributed by atoms with E-state index in [1.807, 2.05) is 77.1 Å². The van der Waals surface area contributed by atoms with Gasteiger partial charge < -0.3 is 4.42 Å². The SMILES string of the molecule is CC.CC.Cc1cccc(-c2nnc(-c3ccccn3)o2)c1. The number of aryl methyl sites for hydroxylation is 1. The molecule has 2 heterocycles. The zero-order chi connectivity index (χ0) is 16.4. The molecule has 22 heavy (non-hydrogen) atoms. The number of hydrogen-bond donors (Lipinski definition) is 0. The largest absolute Gasteiger partial charge is 0.415 e. The molecule has 3 rings (SSSR count). The van der Waals surface area contributed by atoms with Crippen LogP contribution in [0.1, 0.15) is 33.3 Å². The first-order valence-electron chi connectivity index (χ1n) is 7.65. The number of rotatable bonds is 2. The van der Waals surface area contributed by atoms with Crippen LogP contribution in [0.15, 0.2) is 53.1 Å². The second-order valence-electron chi connectivity index (χ2n) is 4.00. The molecule has 2 aromatic heterocycles. The molecule has 1 aromatic carbocycles. The van der Waals surface area contributed by atoms with Gasteiger partial charge in [0, 0.05) is 11.8 Å². The van der Waals surface area contributed by atoms with Crippen LogP contribution in [0, 0.1) is 6.92 Å². The Bertz CT molecular complexity index is 663. The van der Waals surface area contributed by atoms with E-state index >= 15 is 0 Å². The maximum Gasteiger partial charge on any atom is 0.266 e. The molecule has 0 spiro atoms. The lowest BCUT2D eigenvalue weighted by Gasteiger charge is -1.96. The predicted molar refractivity (Wildman–Crippen MR) is 90.4 cm³/mol. The van der Waals surface area contributed by atoms with Gasteiger partial charge in [-0.05, 0) is 31.2 Å². The molecule has 4 nitrogen and oxygen atoms in total. The van der Waals surface area contributed by atoms with Crippen molar-refractivity contribution in [2.24, 2.45) is 0 Å². The maximum atomic E-state index is 5.63. The normalized spacial score (nSPS) is 9.14. The average molecular weight is 297 g/mol. The van der Waals surface area contributed by atoms with E-state index < -0.39 is 0 Å². The topological polar surface area (TPSA) is 51.8 Å². The molecule has 4 heteroatoms. The van der Waals surface area contributed by atoms with Gasteiger partial charge in [0.1, 0.15) is 5.69 Å². The molecule has 116 valence electrons. The van der Waals surface area contributed by atoms with E-state index in [-0.39, 0.29) is 0 Å². The van der Waals surface area contributed by atoms with Crippen LogP contribution in [-0.2, 0) is 0 Å². The van der Waals surface area contributed by atoms with E-state index in [0.717, 1.165) is 11.1 Å². The number of benzene rings is 1. The van der Waals surface area contributed by atoms with Gasteiger partial charge in [-0.3, -0.25) is 4.98 Å². The van der Waals surface area contributed by atoms with Crippen molar-refractivity contribution in [2.45, 2.75) is 34.6 Å². The molecule has 0 aliphatic rings. The van der Waals surface area contributed by atoms with E-state index in [1.165, 1.54) is 0 Å². The first-order valence-corrected chi connectivity index (χ1v) is 7.65. The monoisotopic (exact) mass is 297 g/mol. The zero-order valence-electron chi connectivity index (χ0n) is 13.9. The summed E-state index contributed by atoms with van der Waals surface area (Å²) >= 11 is 0. The molecule has 3 aromatic rings. The van der Waals surface area contributed by atoms with Crippen molar-refractivity contribution in [2.75, 3.05) is 0 Å². The van der Waals surface area contributed by atoms with Crippen molar-refractivity contribution >= 4 is 0 Å². The Morgan fingerprint density at radius 2 is 1.55 bits per heavy atom. The minimum absolute atomic E-state index is 0.437. The molecule has 0 saturated heterocycles. The van der Waals surface area contributed by atoms with Crippen molar-refractivity contribution in [3.63, 3.8) is 0 Å². The summed E-state index contributed by atoms with van der Waals surface area (Å²) < 4.78 is 5.63. The summed E-state index contributed by atoms with van der Waals surface area (Å²) in [4.78, 5) is 4.18. The molecule has 0 fully saturated rings. The summed E-state index contributed by atoms with van der Waals surface area (Å²) in [5.74, 6) is 0.950. The number of aromatic nitrogens is 3. The third-order valence-corrected chi connectivity index (χ3v) is 2.57. The summed E-state index contributed by atoms with van der Waals surface area (Å²) in [7, 11) is 0. The Hall–Kier alpha value is -2.49. The Morgan fingerprint density at radius 1 is 0.818 bits per heavy atom. The van der Waals surface area contributed by atoms with Crippen molar-refractivity contribution < 1.29 is 4.42 Å². The van der Waals surface area contributed by atoms with Gasteiger partial charge in [0.15, 0.2) is 0 Å². The van der Waals surface area contributed by atoms with Gasteiger partial charge in [-0.15, -0.1) is 10.2 Å². The van der Waals surface area contributed by atoms with Gasteiger partial charge in [0.25, 0.3) is 5.89 Å². The van der Waals surface area contributed by atoms with Crippen molar-refractivity contribution in [1.29, 1.82) is 0 Å². The smallest absolute Gasteiger partial charge is 0.266 e. The molecule has 0 saturated carbocycles. The first kappa shape index (κ1) is 17.6. The second-order valence-corrected chi connectivity index (χ2v) is 4.00. The number of hydrogen-bond acceptors (Lipinski definition) is 4. The minimum Gasteiger partial charge on any atom is -0.415 e. The van der Waals surface area contributed by atoms with Gasteiger partial charge in [0.05, 0.1) is 0 Å². The third-order valence-electron chi connectivity index (χ3n) is 2.57. The average Bonchev–Trinajstić information content (AvgIpc) is 3.09. The third kappa shape index (κ3) is 4.52. The van der Waals surface area contributed by atoms with Crippen LogP contribution >= 0.6 is 0 Å². The molecule has 0 amide bonds. The fourth-order valence-corrected chi connectivity index (χ4v) is 1.71. The van der Waals surface area contributed by atoms with Gasteiger partial charge >= 0.3 is 0 Å². The molecule has 0 aliphatic carbocycles. The van der Waals surface area contributed by atoms with Crippen molar-refractivity contribution in [3.8, 4) is 23.0 Å². The molecule has 0 N–H and O–H groups in total. The van der Waals surface area contributed by atoms with Crippen LogP contribution in [-0.4, -0.2) is 15.2 Å². The summed E-state index contributed by atoms with van der Waals surface area (Å²) in [6.07, 6.45) is 1.70. The predicted octanol–water partition coefficient (Wildman–Crippen LogP) is 5.16. The first-order chi connectivity index (χ1) is 10.8. The quantitative estimate of drug-likeness (QED) is 0.655. The summed E-state index contributed by atoms with van der Waals surface area (Å²) in [6.45, 7) is 10.0. The van der Waals surface area contributed by atoms with Gasteiger partial charge in [-0.2, -0.15) is 0 Å². The Morgan fingerprint density at radius 3 is 2.18 bits per heavy atom. The van der Waals surface area contributed by atoms with Crippen molar-refractivity contribution in [1.82, 2.24) is 15.2 Å². The van der Waals surface area contributed by atoms with E-state index in [2.05, 4.69) is 15.2 Å². The summed E-state index contributed by atoms with van der Waals surface area (Å²) in [6, 6.07) is 13.5. The van der Waals surface area contributed by atoms with Crippen LogP contribution in [0.5, 0.6) is 0 Å². The van der Waals surface area contributed by atoms with Gasteiger partial charge in [0.2, 0.25) is 5.89 Å². The number of nitrogens with zero attached hydrogens (tertiary/aromatic N) is 3. The molecule has 0 unspecified atom stereocenters. The molecular weight excluding hydrogens is 274 g/mol. The fourth-order valence-electron chi connectivity index (χ4n) is 1.71. The van der Waals surface area contributed by atoms with E-state index in [9.17, 15) is 0 Å². The Balaban J connectivity index is 0.000000561. The highest BCUT2D eigenvalue weighted by atomic mass is 16.4. The zero-order valence-corrected chi connectivity index (χ0v) is 13.9. The lowest BCUT2D eigenvalue weighted by Crippen LogP contribution is -1.80. The minimum atomic E-state index is 0.437. The molecule has 0 bridgehead atoms. The van der Waals surface area contributed by atoms with Crippen LogP contribution < -0.4 is 0 Å². The maximum absolute atomic E-state index is 5.63. The summed E-state index contributed by atoms with van der Waals surface area (Å²) in [5.41, 5.74) is 2.76. The van der Waals surface area contributed by atoms with Crippen LogP contribution in [0.3, 0.4) is 0 Å². The van der Waals surface area contributed by atoms with Crippen LogP contribution in [0.25, 0.3) is 23.0 Å². The number of pyridine rings is 1. The van der Waals surface area contributed by atoms with Gasteiger partial charge in [-0.1, -0.05) is 51.5 Å². The Labute approximate surface area is 132 Å². The summed E-state index contributed by atoms with van der Waals surface area (Å²) in [5, 5.41) is 8.06. The van der Waals surface area contributed by atoms with E-state index in [4.69, 9.17) is 4.42 Å². The highest BCUT2D eigenvalue weighted by Crippen LogP contribution is 2.22. The molecule has 0 atom stereocenters. The highest BCUT2D eigenvalue weighted by Gasteiger charge is 2.10. The van der Waals surface area contributed by atoms with E-state index in [0.29, 0.717) is 17.5 Å². The van der Waals surface area contributed by atoms with Gasteiger partial charge in [-0.25, -0.2) is 0 Å². The van der Waals surface area contributed by atoms with E-state index in [1.54, 1.807) is 6.20 Å². The standard InChI is InChI=1S/C14H11N3O.2C2H6/c1-10-5-4-6-11(9-10)13-16-17-14(18-13)12-7-2-3-8-15-12;2*1-2/h2-9H,1H3;2*1-2H3. The van der Waals surface area contributed by atoms with Crippen LogP contribution in [0.4, 0.5) is 0 Å². The molecule has 0 aliphatic heterocycles. The van der Waals surface area contributed by atoms with Crippen molar-refractivity contribution in [3.05, 3.63) is 54.2 Å². The van der Waals surface area contributed by atoms with Crippen LogP contribution in [0.2, 0.25) is 0 Å². The lowest BCUT2D eigenvalue weighted by atomic mass is 10.1. The molecular formula is C18H23N3O. The fraction of sp³-hybridized carbons (Fsp3) is 0.278. The molecule has 0 radical (unpaired) electrons.